The van der Waals surface area contributed by atoms with Crippen LogP contribution in [0.5, 0.6) is 0 Å². The number of hydrogen-bond donors (Lipinski definition) is 0. The minimum absolute atomic E-state index is 1.14. The second-order valence-corrected chi connectivity index (χ2v) is 3.09. The molecule has 0 spiro atoms. The largest absolute Gasteiger partial charge is 0.0841 e. The molecule has 0 unspecified atom stereocenters. The highest BCUT2D eigenvalue weighted by Crippen LogP contribution is 2.23. The summed E-state index contributed by atoms with van der Waals surface area (Å²) in [5.41, 5.74) is 3.08. The van der Waals surface area contributed by atoms with Crippen LogP contribution in [-0.2, 0) is 0 Å². The fraction of sp³-hybridized carbons (Fsp3) is 0.273. The van der Waals surface area contributed by atoms with E-state index >= 15 is 0 Å². The molecule has 0 aromatic carbocycles. The maximum absolute atomic E-state index is 2.27. The zero-order valence-corrected chi connectivity index (χ0v) is 6.59. The third kappa shape index (κ3) is 1.51. The van der Waals surface area contributed by atoms with Gasteiger partial charge in [0, 0.05) is 0 Å². The van der Waals surface area contributed by atoms with Gasteiger partial charge >= 0.3 is 0 Å². The fourth-order valence-corrected chi connectivity index (χ4v) is 1.54. The van der Waals surface area contributed by atoms with Crippen molar-refractivity contribution in [1.29, 1.82) is 0 Å². The summed E-state index contributed by atoms with van der Waals surface area (Å²) in [6, 6.07) is 0. The smallest absolute Gasteiger partial charge is 0.00960 e. The van der Waals surface area contributed by atoms with Crippen LogP contribution in [0.2, 0.25) is 0 Å². The Morgan fingerprint density at radius 3 is 1.91 bits per heavy atom. The van der Waals surface area contributed by atoms with E-state index in [-0.39, 0.29) is 0 Å². The zero-order chi connectivity index (χ0) is 7.52. The van der Waals surface area contributed by atoms with E-state index < -0.39 is 0 Å². The van der Waals surface area contributed by atoms with Gasteiger partial charge < -0.3 is 0 Å². The Labute approximate surface area is 67.6 Å². The van der Waals surface area contributed by atoms with Crippen LogP contribution < -0.4 is 0 Å². The minimum Gasteiger partial charge on any atom is -0.0841 e. The summed E-state index contributed by atoms with van der Waals surface area (Å²) in [6.07, 6.45) is 16.8. The monoisotopic (exact) mass is 144 g/mol. The van der Waals surface area contributed by atoms with E-state index in [0.29, 0.717) is 0 Å². The van der Waals surface area contributed by atoms with Crippen molar-refractivity contribution in [2.75, 3.05) is 0 Å². The standard InChI is InChI=1S/C11H12/c1-2-6-11-8-4-3-7-10(5-1)9-11/h1-6H,7-9H2. The van der Waals surface area contributed by atoms with Crippen LogP contribution >= 0.6 is 0 Å². The van der Waals surface area contributed by atoms with Crippen LogP contribution in [0.1, 0.15) is 19.3 Å². The first kappa shape index (κ1) is 6.66. The van der Waals surface area contributed by atoms with E-state index in [2.05, 4.69) is 36.5 Å². The highest BCUT2D eigenvalue weighted by Gasteiger charge is 2.04. The summed E-state index contributed by atoms with van der Waals surface area (Å²) in [4.78, 5) is 0. The fourth-order valence-electron chi connectivity index (χ4n) is 1.54. The zero-order valence-electron chi connectivity index (χ0n) is 6.59. The predicted molar refractivity (Wildman–Crippen MR) is 48.3 cm³/mol. The predicted octanol–water partition coefficient (Wildman–Crippen LogP) is 3.15. The summed E-state index contributed by atoms with van der Waals surface area (Å²) in [6.45, 7) is 0. The highest BCUT2D eigenvalue weighted by molar-refractivity contribution is 5.32. The maximum Gasteiger partial charge on any atom is -0.00960 e. The summed E-state index contributed by atoms with van der Waals surface area (Å²) < 4.78 is 0. The molecule has 11 heavy (non-hydrogen) atoms. The van der Waals surface area contributed by atoms with Gasteiger partial charge in [-0.05, 0) is 19.3 Å². The second kappa shape index (κ2) is 2.91. The van der Waals surface area contributed by atoms with Crippen molar-refractivity contribution in [1.82, 2.24) is 0 Å². The molecule has 0 aliphatic heterocycles. The van der Waals surface area contributed by atoms with Gasteiger partial charge in [-0.25, -0.2) is 0 Å². The Morgan fingerprint density at radius 1 is 0.818 bits per heavy atom. The first-order chi connectivity index (χ1) is 5.45. The number of allylic oxidation sites excluding steroid dienone is 8. The SMILES string of the molecule is C1=CC=C2CC=CCC(=C1)C2. The first-order valence-corrected chi connectivity index (χ1v) is 4.14. The van der Waals surface area contributed by atoms with Crippen molar-refractivity contribution in [2.45, 2.75) is 19.3 Å². The van der Waals surface area contributed by atoms with Gasteiger partial charge in [-0.3, -0.25) is 0 Å². The first-order valence-electron chi connectivity index (χ1n) is 4.14. The third-order valence-electron chi connectivity index (χ3n) is 2.16. The summed E-state index contributed by atoms with van der Waals surface area (Å²) in [5, 5.41) is 0. The normalized spacial score (nSPS) is 21.8. The Balaban J connectivity index is 2.34. The molecule has 0 aromatic rings. The molecule has 0 saturated heterocycles. The molecule has 0 nitrogen and oxygen atoms in total. The average molecular weight is 144 g/mol. The lowest BCUT2D eigenvalue weighted by Crippen LogP contribution is -1.81. The van der Waals surface area contributed by atoms with Crippen molar-refractivity contribution in [3.05, 3.63) is 47.6 Å². The molecular weight excluding hydrogens is 132 g/mol. The molecule has 0 saturated carbocycles. The van der Waals surface area contributed by atoms with Crippen LogP contribution in [0, 0.1) is 0 Å². The lowest BCUT2D eigenvalue weighted by molar-refractivity contribution is 1.04. The lowest BCUT2D eigenvalue weighted by Gasteiger charge is -2.00. The van der Waals surface area contributed by atoms with E-state index in [9.17, 15) is 0 Å². The molecule has 2 aliphatic carbocycles. The molecule has 0 fully saturated rings. The third-order valence-corrected chi connectivity index (χ3v) is 2.16. The molecule has 0 N–H and O–H groups in total. The summed E-state index contributed by atoms with van der Waals surface area (Å²) in [5.74, 6) is 0. The number of fused-ring (bicyclic) bond motifs is 2. The van der Waals surface area contributed by atoms with Crippen molar-refractivity contribution in [3.8, 4) is 0 Å². The molecule has 0 aromatic heterocycles. The Hall–Kier alpha value is -1.04. The molecule has 2 rings (SSSR count). The topological polar surface area (TPSA) is 0 Å². The Morgan fingerprint density at radius 2 is 1.36 bits per heavy atom. The van der Waals surface area contributed by atoms with Crippen molar-refractivity contribution >= 4 is 0 Å². The van der Waals surface area contributed by atoms with Gasteiger partial charge in [0.15, 0.2) is 0 Å². The molecule has 0 atom stereocenters. The van der Waals surface area contributed by atoms with Crippen molar-refractivity contribution in [2.24, 2.45) is 0 Å². The highest BCUT2D eigenvalue weighted by atomic mass is 14.1. The van der Waals surface area contributed by atoms with E-state index in [1.165, 1.54) is 6.42 Å². The van der Waals surface area contributed by atoms with Crippen molar-refractivity contribution in [3.63, 3.8) is 0 Å². The second-order valence-electron chi connectivity index (χ2n) is 3.09. The van der Waals surface area contributed by atoms with Crippen LogP contribution in [0.3, 0.4) is 0 Å². The van der Waals surface area contributed by atoms with Crippen LogP contribution in [0.15, 0.2) is 47.6 Å². The van der Waals surface area contributed by atoms with Gasteiger partial charge in [0.1, 0.15) is 0 Å². The molecular formula is C11H12. The minimum atomic E-state index is 1.14. The number of rotatable bonds is 0. The van der Waals surface area contributed by atoms with Crippen LogP contribution in [-0.4, -0.2) is 0 Å². The molecule has 0 radical (unpaired) electrons. The van der Waals surface area contributed by atoms with Crippen LogP contribution in [0.25, 0.3) is 0 Å². The van der Waals surface area contributed by atoms with Gasteiger partial charge in [0.2, 0.25) is 0 Å². The van der Waals surface area contributed by atoms with E-state index in [4.69, 9.17) is 0 Å². The molecule has 56 valence electrons. The maximum atomic E-state index is 2.27. The van der Waals surface area contributed by atoms with E-state index in [1.54, 1.807) is 11.1 Å². The quantitative estimate of drug-likeness (QED) is 0.458. The van der Waals surface area contributed by atoms with Gasteiger partial charge in [0.05, 0.1) is 0 Å². The van der Waals surface area contributed by atoms with Gasteiger partial charge in [-0.2, -0.15) is 0 Å². The molecule has 0 heterocycles. The number of hydrogen-bond acceptors (Lipinski definition) is 0. The Kier molecular flexibility index (Phi) is 1.76. The van der Waals surface area contributed by atoms with Gasteiger partial charge in [-0.15, -0.1) is 0 Å². The van der Waals surface area contributed by atoms with Gasteiger partial charge in [0.25, 0.3) is 0 Å². The van der Waals surface area contributed by atoms with Gasteiger partial charge in [-0.1, -0.05) is 47.6 Å². The molecule has 2 aliphatic rings. The molecule has 2 bridgehead atoms. The van der Waals surface area contributed by atoms with E-state index in [0.717, 1.165) is 12.8 Å². The molecule has 0 heteroatoms. The van der Waals surface area contributed by atoms with E-state index in [1.807, 2.05) is 0 Å². The lowest BCUT2D eigenvalue weighted by atomic mass is 10.0. The Bertz CT molecular complexity index is 236. The summed E-state index contributed by atoms with van der Waals surface area (Å²) >= 11 is 0. The molecule has 0 amide bonds. The van der Waals surface area contributed by atoms with Crippen molar-refractivity contribution < 1.29 is 0 Å². The average Bonchev–Trinajstić information content (AvgIpc) is 2.36. The van der Waals surface area contributed by atoms with Crippen LogP contribution in [0.4, 0.5) is 0 Å². The summed E-state index contributed by atoms with van der Waals surface area (Å²) in [7, 11) is 0.